The predicted molar refractivity (Wildman–Crippen MR) is 133 cm³/mol. The lowest BCUT2D eigenvalue weighted by atomic mass is 9.43. The Hall–Kier alpha value is -1.38. The molecule has 4 aliphatic carbocycles. The summed E-state index contributed by atoms with van der Waals surface area (Å²) >= 11 is 0. The highest BCUT2D eigenvalue weighted by Gasteiger charge is 2.59. The highest BCUT2D eigenvalue weighted by atomic mass is 16.3. The summed E-state index contributed by atoms with van der Waals surface area (Å²) in [6, 6.07) is 2.15. The van der Waals surface area contributed by atoms with Gasteiger partial charge in [0.15, 0.2) is 0 Å². The van der Waals surface area contributed by atoms with E-state index in [1.807, 2.05) is 6.92 Å². The van der Waals surface area contributed by atoms with E-state index in [-0.39, 0.29) is 11.3 Å². The molecule has 1 aromatic heterocycles. The van der Waals surface area contributed by atoms with Gasteiger partial charge in [0.05, 0.1) is 29.5 Å². The van der Waals surface area contributed by atoms with Crippen molar-refractivity contribution >= 4 is 0 Å². The second kappa shape index (κ2) is 8.93. The summed E-state index contributed by atoms with van der Waals surface area (Å²) < 4.78 is 1.77. The van der Waals surface area contributed by atoms with Gasteiger partial charge in [-0.25, -0.2) is 0 Å². The fraction of sp³-hybridized carbons (Fsp3) is 0.862. The minimum absolute atomic E-state index is 0.165. The Morgan fingerprint density at radius 1 is 1.15 bits per heavy atom. The van der Waals surface area contributed by atoms with Gasteiger partial charge in [-0.15, -0.1) is 0 Å². The van der Waals surface area contributed by atoms with E-state index in [0.717, 1.165) is 49.9 Å². The first-order valence-corrected chi connectivity index (χ1v) is 14.1. The van der Waals surface area contributed by atoms with Crippen LogP contribution in [0.4, 0.5) is 0 Å². The molecule has 0 unspecified atom stereocenters. The second-order valence-electron chi connectivity index (χ2n) is 13.1. The maximum Gasteiger partial charge on any atom is 0.102 e. The van der Waals surface area contributed by atoms with Crippen molar-refractivity contribution in [1.82, 2.24) is 9.78 Å². The average molecular weight is 468 g/mol. The lowest BCUT2D eigenvalue weighted by molar-refractivity contribution is -0.171. The topological polar surface area (TPSA) is 82.1 Å². The number of nitriles is 1. The first-order chi connectivity index (χ1) is 16.2. The van der Waals surface area contributed by atoms with Crippen molar-refractivity contribution in [3.8, 4) is 6.07 Å². The smallest absolute Gasteiger partial charge is 0.102 e. The normalized spacial score (nSPS) is 43.6. The molecular formula is C29H45N3O2. The number of fused-ring (bicyclic) bond motifs is 5. The van der Waals surface area contributed by atoms with E-state index in [2.05, 4.69) is 25.0 Å². The highest BCUT2D eigenvalue weighted by molar-refractivity contribution is 5.21. The van der Waals surface area contributed by atoms with Crippen LogP contribution in [0.2, 0.25) is 0 Å². The van der Waals surface area contributed by atoms with E-state index in [0.29, 0.717) is 23.9 Å². The van der Waals surface area contributed by atoms with Crippen molar-refractivity contribution < 1.29 is 10.2 Å². The molecule has 0 amide bonds. The molecule has 5 heteroatoms. The first-order valence-electron chi connectivity index (χ1n) is 14.1. The van der Waals surface area contributed by atoms with Crippen LogP contribution >= 0.6 is 0 Å². The van der Waals surface area contributed by atoms with Crippen molar-refractivity contribution in [2.75, 3.05) is 0 Å². The zero-order valence-electron chi connectivity index (χ0n) is 21.5. The molecule has 4 saturated carbocycles. The molecule has 1 aromatic rings. The van der Waals surface area contributed by atoms with Gasteiger partial charge in [0.25, 0.3) is 0 Å². The predicted octanol–water partition coefficient (Wildman–Crippen LogP) is 5.70. The Bertz CT molecular complexity index is 919. The monoisotopic (exact) mass is 467 g/mol. The molecular weight excluding hydrogens is 422 g/mol. The van der Waals surface area contributed by atoms with E-state index >= 15 is 0 Å². The Kier molecular flexibility index (Phi) is 6.39. The van der Waals surface area contributed by atoms with Crippen LogP contribution in [0.1, 0.15) is 103 Å². The summed E-state index contributed by atoms with van der Waals surface area (Å²) in [5, 5.41) is 36.4. The van der Waals surface area contributed by atoms with Gasteiger partial charge >= 0.3 is 0 Å². The summed E-state index contributed by atoms with van der Waals surface area (Å²) in [6.45, 7) is 7.16. The van der Waals surface area contributed by atoms with Crippen molar-refractivity contribution in [3.05, 3.63) is 18.0 Å². The molecule has 0 spiro atoms. The third-order valence-corrected chi connectivity index (χ3v) is 11.1. The quantitative estimate of drug-likeness (QED) is 0.582. The molecule has 0 aromatic carbocycles. The van der Waals surface area contributed by atoms with Gasteiger partial charge in [0.1, 0.15) is 6.07 Å². The minimum atomic E-state index is -0.836. The number of rotatable bonds is 5. The Morgan fingerprint density at radius 2 is 1.94 bits per heavy atom. The summed E-state index contributed by atoms with van der Waals surface area (Å²) in [5.74, 6) is 4.07. The van der Waals surface area contributed by atoms with Gasteiger partial charge in [-0.2, -0.15) is 10.4 Å². The molecule has 0 saturated heterocycles. The molecule has 4 aliphatic rings. The number of nitrogens with zero attached hydrogens (tertiary/aromatic N) is 3. The largest absolute Gasteiger partial charge is 0.390 e. The van der Waals surface area contributed by atoms with Gasteiger partial charge in [-0.05, 0) is 112 Å². The summed E-state index contributed by atoms with van der Waals surface area (Å²) in [5.41, 5.74) is -0.520. The molecule has 4 fully saturated rings. The number of hydrogen-bond acceptors (Lipinski definition) is 4. The maximum absolute atomic E-state index is 11.8. The first kappa shape index (κ1) is 24.3. The zero-order valence-corrected chi connectivity index (χ0v) is 21.5. The molecule has 1 heterocycles. The van der Waals surface area contributed by atoms with E-state index < -0.39 is 11.2 Å². The van der Waals surface area contributed by atoms with Gasteiger partial charge in [0, 0.05) is 6.20 Å². The van der Waals surface area contributed by atoms with Gasteiger partial charge in [-0.3, -0.25) is 4.68 Å². The van der Waals surface area contributed by atoms with E-state index in [1.165, 1.54) is 44.9 Å². The SMILES string of the molecule is CCC[C@@]1(O)CC[C@H]2[C@@H](CC[C@@H]3[C@@H]2CC[C@@]2(C)[C@H]3CCC[C@@H]2[C@](C)(O)Cn2cc(C#N)cn2)C1. The fourth-order valence-corrected chi connectivity index (χ4v) is 9.82. The Morgan fingerprint density at radius 3 is 2.68 bits per heavy atom. The van der Waals surface area contributed by atoms with Crippen LogP contribution in [0.5, 0.6) is 0 Å². The van der Waals surface area contributed by atoms with Crippen LogP contribution in [0.25, 0.3) is 0 Å². The number of aliphatic hydroxyl groups is 2. The van der Waals surface area contributed by atoms with E-state index in [1.54, 1.807) is 17.1 Å². The molecule has 0 aliphatic heterocycles. The molecule has 5 rings (SSSR count). The maximum atomic E-state index is 11.8. The lowest BCUT2D eigenvalue weighted by Crippen LogP contribution is -2.58. The van der Waals surface area contributed by atoms with Crippen LogP contribution < -0.4 is 0 Å². The third kappa shape index (κ3) is 4.13. The molecule has 0 bridgehead atoms. The second-order valence-corrected chi connectivity index (χ2v) is 13.1. The Balaban J connectivity index is 1.33. The molecule has 0 radical (unpaired) electrons. The number of aromatic nitrogens is 2. The molecule has 34 heavy (non-hydrogen) atoms. The summed E-state index contributed by atoms with van der Waals surface area (Å²) in [7, 11) is 0. The standard InChI is InChI=1S/C29H45N3O2/c1-4-12-29(34)14-11-22-21(15-29)8-9-24-23(22)10-13-27(2)25(24)6-5-7-26(27)28(3,33)19-32-18-20(16-30)17-31-32/h17-18,21-26,33-34H,4-15,19H2,1-3H3/t21-,22-,23+,24+,25-,26-,27-,28+,29+/m0/s1. The molecule has 188 valence electrons. The molecule has 2 N–H and O–H groups in total. The number of hydrogen-bond donors (Lipinski definition) is 2. The van der Waals surface area contributed by atoms with Crippen LogP contribution in [0.3, 0.4) is 0 Å². The molecule has 9 atom stereocenters. The van der Waals surface area contributed by atoms with E-state index in [9.17, 15) is 10.2 Å². The van der Waals surface area contributed by atoms with Gasteiger partial charge < -0.3 is 10.2 Å². The third-order valence-electron chi connectivity index (χ3n) is 11.1. The highest BCUT2D eigenvalue weighted by Crippen LogP contribution is 2.64. The van der Waals surface area contributed by atoms with Crippen molar-refractivity contribution in [2.24, 2.45) is 40.9 Å². The lowest BCUT2D eigenvalue weighted by Gasteiger charge is -2.62. The van der Waals surface area contributed by atoms with Gasteiger partial charge in [0.2, 0.25) is 0 Å². The van der Waals surface area contributed by atoms with Crippen LogP contribution in [-0.4, -0.2) is 31.2 Å². The summed E-state index contributed by atoms with van der Waals surface area (Å²) in [6.07, 6.45) is 17.3. The minimum Gasteiger partial charge on any atom is -0.390 e. The van der Waals surface area contributed by atoms with Crippen molar-refractivity contribution in [2.45, 2.75) is 116 Å². The van der Waals surface area contributed by atoms with Gasteiger partial charge in [-0.1, -0.05) is 26.7 Å². The van der Waals surface area contributed by atoms with Crippen LogP contribution in [0, 0.1) is 52.3 Å². The zero-order chi connectivity index (χ0) is 24.1. The Labute approximate surface area is 205 Å². The van der Waals surface area contributed by atoms with E-state index in [4.69, 9.17) is 5.26 Å². The summed E-state index contributed by atoms with van der Waals surface area (Å²) in [4.78, 5) is 0. The van der Waals surface area contributed by atoms with Crippen LogP contribution in [-0.2, 0) is 6.54 Å². The van der Waals surface area contributed by atoms with Crippen molar-refractivity contribution in [1.29, 1.82) is 5.26 Å². The fourth-order valence-electron chi connectivity index (χ4n) is 9.82. The average Bonchev–Trinajstić information content (AvgIpc) is 3.24. The van der Waals surface area contributed by atoms with Crippen LogP contribution in [0.15, 0.2) is 12.4 Å². The van der Waals surface area contributed by atoms with Crippen molar-refractivity contribution in [3.63, 3.8) is 0 Å². The molecule has 5 nitrogen and oxygen atoms in total.